The fraction of sp³-hybridized carbons (Fsp3) is 0.368. The minimum atomic E-state index is 0.455. The maximum atomic E-state index is 4.28. The van der Waals surface area contributed by atoms with E-state index >= 15 is 0 Å². The minimum absolute atomic E-state index is 0.455. The van der Waals surface area contributed by atoms with Crippen molar-refractivity contribution in [3.05, 3.63) is 61.0 Å². The van der Waals surface area contributed by atoms with Gasteiger partial charge < -0.3 is 10.2 Å². The summed E-state index contributed by atoms with van der Waals surface area (Å²) in [5, 5.41) is 11.5. The maximum absolute atomic E-state index is 4.28. The predicted octanol–water partition coefficient (Wildman–Crippen LogP) is 5.20. The molecule has 1 rings (SSSR count). The molecule has 0 aliphatic carbocycles. The van der Waals surface area contributed by atoms with Crippen LogP contribution in [0.15, 0.2) is 71.2 Å². The van der Waals surface area contributed by atoms with Gasteiger partial charge >= 0.3 is 0 Å². The summed E-state index contributed by atoms with van der Waals surface area (Å²) in [4.78, 5) is 2.37. The Kier molecular flexibility index (Phi) is 7.81. The fourth-order valence-electron chi connectivity index (χ4n) is 2.41. The Balaban J connectivity index is 2.91. The molecule has 0 bridgehead atoms. The molecule has 23 heavy (non-hydrogen) atoms. The largest absolute Gasteiger partial charge is 0.394 e. The second-order valence-electron chi connectivity index (χ2n) is 5.76. The Morgan fingerprint density at radius 2 is 1.74 bits per heavy atom. The molecule has 0 aliphatic heterocycles. The lowest BCUT2D eigenvalue weighted by Crippen LogP contribution is -2.36. The molecule has 1 aromatic rings. The molecule has 124 valence electrons. The van der Waals surface area contributed by atoms with E-state index in [1.165, 1.54) is 5.69 Å². The van der Waals surface area contributed by atoms with Crippen LogP contribution in [0.4, 0.5) is 11.4 Å². The van der Waals surface area contributed by atoms with E-state index in [9.17, 15) is 0 Å². The average molecular weight is 312 g/mol. The first-order valence-corrected chi connectivity index (χ1v) is 7.96. The van der Waals surface area contributed by atoms with E-state index < -0.39 is 0 Å². The van der Waals surface area contributed by atoms with Crippen molar-refractivity contribution in [1.82, 2.24) is 5.32 Å². The Bertz CT molecular complexity index is 558. The summed E-state index contributed by atoms with van der Waals surface area (Å²) in [5.41, 5.74) is 2.77. The monoisotopic (exact) mass is 312 g/mol. The van der Waals surface area contributed by atoms with Crippen molar-refractivity contribution in [1.29, 1.82) is 0 Å². The van der Waals surface area contributed by atoms with Crippen LogP contribution in [0.1, 0.15) is 27.7 Å². The summed E-state index contributed by atoms with van der Waals surface area (Å²) >= 11 is 0. The van der Waals surface area contributed by atoms with E-state index in [0.717, 1.165) is 11.4 Å². The van der Waals surface area contributed by atoms with Crippen molar-refractivity contribution in [3.63, 3.8) is 0 Å². The van der Waals surface area contributed by atoms with Crippen molar-refractivity contribution in [2.75, 3.05) is 11.9 Å². The molecule has 0 saturated carbocycles. The molecule has 0 saturated heterocycles. The van der Waals surface area contributed by atoms with Crippen LogP contribution in [-0.2, 0) is 0 Å². The van der Waals surface area contributed by atoms with Crippen LogP contribution in [0.3, 0.4) is 0 Å². The molecule has 0 atom stereocenters. The van der Waals surface area contributed by atoms with E-state index in [-0.39, 0.29) is 0 Å². The van der Waals surface area contributed by atoms with Crippen LogP contribution in [0.25, 0.3) is 0 Å². The first-order valence-electron chi connectivity index (χ1n) is 7.96. The van der Waals surface area contributed by atoms with Crippen LogP contribution in [0, 0.1) is 0 Å². The molecule has 4 heteroatoms. The molecule has 0 heterocycles. The fourth-order valence-corrected chi connectivity index (χ4v) is 2.41. The highest BCUT2D eigenvalue weighted by atomic mass is 15.2. The van der Waals surface area contributed by atoms with Crippen molar-refractivity contribution in [2.24, 2.45) is 10.2 Å². The highest BCUT2D eigenvalue weighted by molar-refractivity contribution is 5.53. The van der Waals surface area contributed by atoms with Gasteiger partial charge in [0.25, 0.3) is 0 Å². The third-order valence-corrected chi connectivity index (χ3v) is 3.25. The SMILES string of the molecule is C=C/C=C(\C=C/NC)N=Nc1ccc(N(C(C)C)C(C)C)cc1. The molecule has 0 unspecified atom stereocenters. The van der Waals surface area contributed by atoms with Crippen LogP contribution in [-0.4, -0.2) is 19.1 Å². The summed E-state index contributed by atoms with van der Waals surface area (Å²) in [7, 11) is 1.84. The lowest BCUT2D eigenvalue weighted by atomic mass is 10.2. The Morgan fingerprint density at radius 3 is 2.22 bits per heavy atom. The van der Waals surface area contributed by atoms with Gasteiger partial charge in [-0.15, -0.1) is 0 Å². The van der Waals surface area contributed by atoms with E-state index in [1.54, 1.807) is 12.3 Å². The van der Waals surface area contributed by atoms with Gasteiger partial charge in [-0.3, -0.25) is 0 Å². The van der Waals surface area contributed by atoms with E-state index in [2.05, 4.69) is 66.9 Å². The molecule has 1 aromatic carbocycles. The zero-order valence-corrected chi connectivity index (χ0v) is 14.8. The van der Waals surface area contributed by atoms with E-state index in [1.807, 2.05) is 31.3 Å². The zero-order chi connectivity index (χ0) is 17.2. The third kappa shape index (κ3) is 6.10. The summed E-state index contributed by atoms with van der Waals surface area (Å²) in [6, 6.07) is 9.07. The third-order valence-electron chi connectivity index (χ3n) is 3.25. The molecule has 0 aliphatic rings. The minimum Gasteiger partial charge on any atom is -0.394 e. The number of nitrogens with one attached hydrogen (secondary N) is 1. The molecular formula is C19H28N4. The molecule has 0 radical (unpaired) electrons. The van der Waals surface area contributed by atoms with Gasteiger partial charge in [0.15, 0.2) is 0 Å². The Labute approximate surface area is 140 Å². The number of rotatable bonds is 8. The highest BCUT2D eigenvalue weighted by Gasteiger charge is 2.13. The van der Waals surface area contributed by atoms with Crippen LogP contribution in [0.2, 0.25) is 0 Å². The van der Waals surface area contributed by atoms with Crippen molar-refractivity contribution in [2.45, 2.75) is 39.8 Å². The number of nitrogens with zero attached hydrogens (tertiary/aromatic N) is 3. The highest BCUT2D eigenvalue weighted by Crippen LogP contribution is 2.24. The van der Waals surface area contributed by atoms with Gasteiger partial charge in [-0.1, -0.05) is 12.7 Å². The maximum Gasteiger partial charge on any atom is 0.0871 e. The summed E-state index contributed by atoms with van der Waals surface area (Å²) in [6.45, 7) is 12.5. The van der Waals surface area contributed by atoms with Gasteiger partial charge in [0.1, 0.15) is 0 Å². The number of anilines is 1. The smallest absolute Gasteiger partial charge is 0.0871 e. The first kappa shape index (κ1) is 18.7. The summed E-state index contributed by atoms with van der Waals surface area (Å²) in [6.07, 6.45) is 7.16. The Hall–Kier alpha value is -2.36. The van der Waals surface area contributed by atoms with Crippen molar-refractivity contribution in [3.8, 4) is 0 Å². The second kappa shape index (κ2) is 9.62. The van der Waals surface area contributed by atoms with Gasteiger partial charge in [0, 0.05) is 24.8 Å². The zero-order valence-electron chi connectivity index (χ0n) is 14.8. The van der Waals surface area contributed by atoms with Crippen LogP contribution >= 0.6 is 0 Å². The number of hydrogen-bond acceptors (Lipinski definition) is 4. The molecule has 0 aromatic heterocycles. The number of azo groups is 1. The molecule has 0 amide bonds. The number of hydrogen-bond donors (Lipinski definition) is 1. The summed E-state index contributed by atoms with van der Waals surface area (Å²) in [5.74, 6) is 0. The van der Waals surface area contributed by atoms with E-state index in [4.69, 9.17) is 0 Å². The average Bonchev–Trinajstić information content (AvgIpc) is 2.50. The number of allylic oxidation sites excluding steroid dienone is 3. The lowest BCUT2D eigenvalue weighted by Gasteiger charge is -2.33. The molecular weight excluding hydrogens is 284 g/mol. The van der Waals surface area contributed by atoms with E-state index in [0.29, 0.717) is 12.1 Å². The summed E-state index contributed by atoms with van der Waals surface area (Å²) < 4.78 is 0. The normalized spacial score (nSPS) is 12.6. The standard InChI is InChI=1S/C19H28N4/c1-7-8-17(13-14-20-6)21-22-18-9-11-19(12-10-18)23(15(2)3)16(4)5/h7-16,20H,1H2,2-6H3/b14-13-,17-8+,22-21?. The van der Waals surface area contributed by atoms with Gasteiger partial charge in [0.05, 0.1) is 11.4 Å². The first-order chi connectivity index (χ1) is 11.0. The van der Waals surface area contributed by atoms with Crippen molar-refractivity contribution >= 4 is 11.4 Å². The molecule has 1 N–H and O–H groups in total. The quantitative estimate of drug-likeness (QED) is 0.529. The van der Waals surface area contributed by atoms with Gasteiger partial charge in [-0.05, 0) is 70.3 Å². The van der Waals surface area contributed by atoms with Crippen LogP contribution in [0.5, 0.6) is 0 Å². The molecule has 0 spiro atoms. The van der Waals surface area contributed by atoms with Gasteiger partial charge in [0.2, 0.25) is 0 Å². The second-order valence-corrected chi connectivity index (χ2v) is 5.76. The van der Waals surface area contributed by atoms with Crippen molar-refractivity contribution < 1.29 is 0 Å². The lowest BCUT2D eigenvalue weighted by molar-refractivity contribution is 0.608. The van der Waals surface area contributed by atoms with Crippen LogP contribution < -0.4 is 10.2 Å². The topological polar surface area (TPSA) is 40.0 Å². The Morgan fingerprint density at radius 1 is 1.13 bits per heavy atom. The van der Waals surface area contributed by atoms with Gasteiger partial charge in [-0.2, -0.15) is 10.2 Å². The van der Waals surface area contributed by atoms with Gasteiger partial charge in [-0.25, -0.2) is 0 Å². The molecule has 0 fully saturated rings. The predicted molar refractivity (Wildman–Crippen MR) is 100 cm³/mol. The number of benzene rings is 1. The molecule has 4 nitrogen and oxygen atoms in total.